The third-order valence-corrected chi connectivity index (χ3v) is 1.96. The van der Waals surface area contributed by atoms with Crippen LogP contribution >= 0.6 is 0 Å². The highest BCUT2D eigenvalue weighted by atomic mass is 16.5. The molecule has 0 aromatic heterocycles. The number of hydrogen-bond acceptors (Lipinski definition) is 2. The van der Waals surface area contributed by atoms with Gasteiger partial charge in [0, 0.05) is 12.5 Å². The van der Waals surface area contributed by atoms with E-state index in [1.807, 2.05) is 13.8 Å². The molecule has 1 fully saturated rings. The molecule has 0 bridgehead atoms. The molecule has 1 saturated heterocycles. The molecule has 52 valence electrons. The summed E-state index contributed by atoms with van der Waals surface area (Å²) >= 11 is 0. The lowest BCUT2D eigenvalue weighted by Crippen LogP contribution is -2.27. The van der Waals surface area contributed by atoms with E-state index >= 15 is 0 Å². The van der Waals surface area contributed by atoms with Gasteiger partial charge in [-0.3, -0.25) is 0 Å². The Morgan fingerprint density at radius 3 is 2.56 bits per heavy atom. The van der Waals surface area contributed by atoms with Crippen LogP contribution in [0.1, 0.15) is 20.3 Å². The summed E-state index contributed by atoms with van der Waals surface area (Å²) in [5, 5.41) is 0. The lowest BCUT2D eigenvalue weighted by molar-refractivity contribution is -0.115. The summed E-state index contributed by atoms with van der Waals surface area (Å²) in [5.74, 6) is 0.109. The molecule has 2 nitrogen and oxygen atoms in total. The van der Waals surface area contributed by atoms with Crippen molar-refractivity contribution >= 4 is 6.29 Å². The first-order valence-corrected chi connectivity index (χ1v) is 3.26. The molecule has 1 atom stereocenters. The molecule has 1 rings (SSSR count). The van der Waals surface area contributed by atoms with Crippen LogP contribution in [0.5, 0.6) is 0 Å². The van der Waals surface area contributed by atoms with Gasteiger partial charge in [0.2, 0.25) is 0 Å². The van der Waals surface area contributed by atoms with E-state index in [4.69, 9.17) is 4.74 Å². The van der Waals surface area contributed by atoms with Gasteiger partial charge in [-0.15, -0.1) is 0 Å². The number of rotatable bonds is 1. The second-order valence-electron chi connectivity index (χ2n) is 2.98. The zero-order valence-electron chi connectivity index (χ0n) is 5.89. The van der Waals surface area contributed by atoms with Crippen LogP contribution in [0, 0.1) is 5.92 Å². The number of carbonyl (C=O) groups excluding carboxylic acids is 1. The Hall–Kier alpha value is -0.370. The zero-order chi connectivity index (χ0) is 6.91. The molecule has 0 aliphatic carbocycles. The second kappa shape index (κ2) is 2.10. The molecular weight excluding hydrogens is 116 g/mol. The van der Waals surface area contributed by atoms with Crippen molar-refractivity contribution < 1.29 is 9.53 Å². The van der Waals surface area contributed by atoms with Gasteiger partial charge in [-0.2, -0.15) is 0 Å². The summed E-state index contributed by atoms with van der Waals surface area (Å²) in [5.41, 5.74) is -0.207. The predicted octanol–water partition coefficient (Wildman–Crippen LogP) is 1.00. The Bertz CT molecular complexity index is 118. The highest BCUT2D eigenvalue weighted by Gasteiger charge is 2.35. The van der Waals surface area contributed by atoms with Gasteiger partial charge in [0.15, 0.2) is 0 Å². The maximum Gasteiger partial charge on any atom is 0.126 e. The standard InChI is InChI=1S/C7H12O2/c1-7(2)6(5-8)3-4-9-7/h5-6H,3-4H2,1-2H3. The number of hydrogen-bond donors (Lipinski definition) is 0. The monoisotopic (exact) mass is 128 g/mol. The van der Waals surface area contributed by atoms with Crippen molar-refractivity contribution in [3.05, 3.63) is 0 Å². The average Bonchev–Trinajstić information content (AvgIpc) is 2.08. The van der Waals surface area contributed by atoms with Crippen molar-refractivity contribution in [2.24, 2.45) is 5.92 Å². The van der Waals surface area contributed by atoms with Gasteiger partial charge in [0.1, 0.15) is 6.29 Å². The van der Waals surface area contributed by atoms with Crippen LogP contribution in [0.2, 0.25) is 0 Å². The number of ether oxygens (including phenoxy) is 1. The molecule has 0 N–H and O–H groups in total. The normalized spacial score (nSPS) is 32.4. The van der Waals surface area contributed by atoms with Crippen molar-refractivity contribution in [2.75, 3.05) is 6.61 Å². The van der Waals surface area contributed by atoms with Gasteiger partial charge in [-0.25, -0.2) is 0 Å². The second-order valence-corrected chi connectivity index (χ2v) is 2.98. The highest BCUT2D eigenvalue weighted by molar-refractivity contribution is 5.56. The molecule has 9 heavy (non-hydrogen) atoms. The Morgan fingerprint density at radius 1 is 1.67 bits per heavy atom. The quantitative estimate of drug-likeness (QED) is 0.492. The first-order chi connectivity index (χ1) is 4.17. The molecule has 0 spiro atoms. The molecule has 0 aromatic carbocycles. The first kappa shape index (κ1) is 6.75. The molecule has 0 aromatic rings. The van der Waals surface area contributed by atoms with E-state index in [9.17, 15) is 4.79 Å². The molecule has 1 unspecified atom stereocenters. The van der Waals surface area contributed by atoms with Crippen molar-refractivity contribution in [3.63, 3.8) is 0 Å². The van der Waals surface area contributed by atoms with Crippen LogP contribution in [-0.4, -0.2) is 18.5 Å². The van der Waals surface area contributed by atoms with E-state index < -0.39 is 0 Å². The summed E-state index contributed by atoms with van der Waals surface area (Å²) in [6.07, 6.45) is 1.88. The Kier molecular flexibility index (Phi) is 1.58. The van der Waals surface area contributed by atoms with E-state index in [0.717, 1.165) is 19.3 Å². The van der Waals surface area contributed by atoms with Gasteiger partial charge in [0.25, 0.3) is 0 Å². The van der Waals surface area contributed by atoms with Gasteiger partial charge in [-0.05, 0) is 20.3 Å². The smallest absolute Gasteiger partial charge is 0.126 e. The minimum Gasteiger partial charge on any atom is -0.375 e. The van der Waals surface area contributed by atoms with E-state index in [2.05, 4.69) is 0 Å². The molecule has 1 aliphatic rings. The van der Waals surface area contributed by atoms with Crippen molar-refractivity contribution in [3.8, 4) is 0 Å². The predicted molar refractivity (Wildman–Crippen MR) is 34.2 cm³/mol. The third kappa shape index (κ3) is 1.13. The lowest BCUT2D eigenvalue weighted by atomic mass is 9.93. The molecule has 1 aliphatic heterocycles. The molecule has 1 heterocycles. The zero-order valence-corrected chi connectivity index (χ0v) is 5.89. The minimum absolute atomic E-state index is 0.109. The fourth-order valence-electron chi connectivity index (χ4n) is 1.14. The summed E-state index contributed by atoms with van der Waals surface area (Å²) in [7, 11) is 0. The van der Waals surface area contributed by atoms with Gasteiger partial charge >= 0.3 is 0 Å². The summed E-state index contributed by atoms with van der Waals surface area (Å²) < 4.78 is 5.31. The van der Waals surface area contributed by atoms with Crippen LogP contribution in [0.3, 0.4) is 0 Å². The van der Waals surface area contributed by atoms with Crippen LogP contribution in [0.4, 0.5) is 0 Å². The molecule has 0 saturated carbocycles. The molecule has 0 radical (unpaired) electrons. The number of aldehydes is 1. The Balaban J connectivity index is 2.62. The highest BCUT2D eigenvalue weighted by Crippen LogP contribution is 2.29. The Morgan fingerprint density at radius 2 is 2.33 bits per heavy atom. The van der Waals surface area contributed by atoms with Crippen molar-refractivity contribution in [2.45, 2.75) is 25.9 Å². The fourth-order valence-corrected chi connectivity index (χ4v) is 1.14. The molecule has 2 heteroatoms. The van der Waals surface area contributed by atoms with Crippen LogP contribution in [-0.2, 0) is 9.53 Å². The molecule has 0 amide bonds. The third-order valence-electron chi connectivity index (χ3n) is 1.96. The topological polar surface area (TPSA) is 26.3 Å². The SMILES string of the molecule is CC1(C)OCCC1C=O. The Labute approximate surface area is 55.2 Å². The average molecular weight is 128 g/mol. The van der Waals surface area contributed by atoms with E-state index in [0.29, 0.717) is 0 Å². The summed E-state index contributed by atoms with van der Waals surface area (Å²) in [4.78, 5) is 10.3. The van der Waals surface area contributed by atoms with Crippen molar-refractivity contribution in [1.29, 1.82) is 0 Å². The lowest BCUT2D eigenvalue weighted by Gasteiger charge is -2.20. The van der Waals surface area contributed by atoms with Gasteiger partial charge < -0.3 is 9.53 Å². The largest absolute Gasteiger partial charge is 0.375 e. The van der Waals surface area contributed by atoms with Crippen LogP contribution < -0.4 is 0 Å². The minimum atomic E-state index is -0.207. The molecular formula is C7H12O2. The fraction of sp³-hybridized carbons (Fsp3) is 0.857. The maximum atomic E-state index is 10.3. The van der Waals surface area contributed by atoms with Gasteiger partial charge in [-0.1, -0.05) is 0 Å². The first-order valence-electron chi connectivity index (χ1n) is 3.26. The van der Waals surface area contributed by atoms with Crippen LogP contribution in [0.15, 0.2) is 0 Å². The summed E-state index contributed by atoms with van der Waals surface area (Å²) in [6, 6.07) is 0. The van der Waals surface area contributed by atoms with E-state index in [1.165, 1.54) is 0 Å². The van der Waals surface area contributed by atoms with E-state index in [1.54, 1.807) is 0 Å². The number of carbonyl (C=O) groups is 1. The van der Waals surface area contributed by atoms with Crippen molar-refractivity contribution in [1.82, 2.24) is 0 Å². The summed E-state index contributed by atoms with van der Waals surface area (Å²) in [6.45, 7) is 4.65. The van der Waals surface area contributed by atoms with E-state index in [-0.39, 0.29) is 11.5 Å². The van der Waals surface area contributed by atoms with Gasteiger partial charge in [0.05, 0.1) is 5.60 Å². The maximum absolute atomic E-state index is 10.3. The van der Waals surface area contributed by atoms with Crippen LogP contribution in [0.25, 0.3) is 0 Å².